The number of carbonyl (C=O) groups is 1. The van der Waals surface area contributed by atoms with E-state index in [2.05, 4.69) is 120 Å². The summed E-state index contributed by atoms with van der Waals surface area (Å²) >= 11 is 0. The molecule has 3 nitrogen and oxygen atoms in total. The standard InChI is InChI=1S/C36H32N2O/c1-35(2)23-22-28(34(35)39)24-27-14-12-13-21-32(27)33-25-38(26-37-33)36(29-15-6-3-7-16-29,30-17-8-4-9-18-30)31-19-10-5-11-20-31/h3-21,24-26H,22-23H2,1-2H3. The number of hydrogen-bond acceptors (Lipinski definition) is 2. The summed E-state index contributed by atoms with van der Waals surface area (Å²) in [5, 5.41) is 0. The number of Topliss-reactive ketones (excluding diaryl/α,β-unsaturated/α-hetero) is 1. The Morgan fingerprint density at radius 1 is 0.744 bits per heavy atom. The maximum Gasteiger partial charge on any atom is 0.164 e. The van der Waals surface area contributed by atoms with E-state index >= 15 is 0 Å². The Labute approximate surface area is 230 Å². The van der Waals surface area contributed by atoms with E-state index in [4.69, 9.17) is 4.98 Å². The van der Waals surface area contributed by atoms with Crippen molar-refractivity contribution in [3.05, 3.63) is 156 Å². The Hall–Kier alpha value is -4.50. The highest BCUT2D eigenvalue weighted by molar-refractivity contribution is 6.05. The molecule has 3 heteroatoms. The van der Waals surface area contributed by atoms with Crippen molar-refractivity contribution in [2.24, 2.45) is 5.41 Å². The molecule has 1 saturated carbocycles. The predicted octanol–water partition coefficient (Wildman–Crippen LogP) is 8.16. The predicted molar refractivity (Wildman–Crippen MR) is 158 cm³/mol. The molecule has 4 aromatic carbocycles. The molecule has 1 aliphatic rings. The second kappa shape index (κ2) is 9.99. The fourth-order valence-electron chi connectivity index (χ4n) is 5.92. The Balaban J connectivity index is 1.54. The van der Waals surface area contributed by atoms with Crippen molar-refractivity contribution in [3.63, 3.8) is 0 Å². The monoisotopic (exact) mass is 508 g/mol. The van der Waals surface area contributed by atoms with Crippen molar-refractivity contribution in [1.82, 2.24) is 9.55 Å². The molecule has 0 spiro atoms. The highest BCUT2D eigenvalue weighted by atomic mass is 16.1. The molecular formula is C36H32N2O. The molecule has 6 rings (SSSR count). The molecule has 1 fully saturated rings. The molecule has 0 saturated heterocycles. The van der Waals surface area contributed by atoms with Crippen LogP contribution in [0.2, 0.25) is 0 Å². The number of allylic oxidation sites excluding steroid dienone is 1. The Kier molecular flexibility index (Phi) is 6.36. The van der Waals surface area contributed by atoms with Crippen molar-refractivity contribution in [3.8, 4) is 11.3 Å². The van der Waals surface area contributed by atoms with E-state index in [1.165, 1.54) is 0 Å². The first kappa shape index (κ1) is 24.8. The number of nitrogens with zero attached hydrogens (tertiary/aromatic N) is 2. The molecule has 0 radical (unpaired) electrons. The first-order valence-electron chi connectivity index (χ1n) is 13.6. The number of aromatic nitrogens is 2. The highest BCUT2D eigenvalue weighted by Crippen LogP contribution is 2.42. The van der Waals surface area contributed by atoms with Gasteiger partial charge in [0.05, 0.1) is 12.0 Å². The van der Waals surface area contributed by atoms with E-state index in [0.717, 1.165) is 51.9 Å². The second-order valence-electron chi connectivity index (χ2n) is 10.9. The van der Waals surface area contributed by atoms with Crippen LogP contribution in [0, 0.1) is 5.41 Å². The largest absolute Gasteiger partial charge is 0.318 e. The van der Waals surface area contributed by atoms with Crippen LogP contribution >= 0.6 is 0 Å². The third-order valence-corrected chi connectivity index (χ3v) is 8.04. The van der Waals surface area contributed by atoms with Crippen molar-refractivity contribution in [2.75, 3.05) is 0 Å². The molecule has 0 unspecified atom stereocenters. The van der Waals surface area contributed by atoms with Crippen LogP contribution in [-0.2, 0) is 10.3 Å². The van der Waals surface area contributed by atoms with Crippen molar-refractivity contribution < 1.29 is 4.79 Å². The summed E-state index contributed by atoms with van der Waals surface area (Å²) in [5.41, 5.74) is 6.37. The van der Waals surface area contributed by atoms with Crippen molar-refractivity contribution in [2.45, 2.75) is 32.2 Å². The van der Waals surface area contributed by atoms with Gasteiger partial charge < -0.3 is 4.57 Å². The van der Waals surface area contributed by atoms with Crippen LogP contribution in [-0.4, -0.2) is 15.3 Å². The molecule has 192 valence electrons. The maximum atomic E-state index is 13.0. The molecule has 5 aromatic rings. The topological polar surface area (TPSA) is 34.9 Å². The van der Waals surface area contributed by atoms with Gasteiger partial charge in [0.25, 0.3) is 0 Å². The minimum atomic E-state index is -0.617. The minimum absolute atomic E-state index is 0.249. The van der Waals surface area contributed by atoms with Crippen LogP contribution in [0.25, 0.3) is 17.3 Å². The minimum Gasteiger partial charge on any atom is -0.318 e. The van der Waals surface area contributed by atoms with Gasteiger partial charge in [-0.25, -0.2) is 4.98 Å². The van der Waals surface area contributed by atoms with E-state index < -0.39 is 5.54 Å². The molecule has 0 atom stereocenters. The zero-order valence-electron chi connectivity index (χ0n) is 22.4. The average Bonchev–Trinajstić information content (AvgIpc) is 3.56. The third-order valence-electron chi connectivity index (χ3n) is 8.04. The van der Waals surface area contributed by atoms with Crippen LogP contribution in [0.5, 0.6) is 0 Å². The van der Waals surface area contributed by atoms with Gasteiger partial charge in [-0.2, -0.15) is 0 Å². The fourth-order valence-corrected chi connectivity index (χ4v) is 5.92. The molecule has 0 amide bonds. The van der Waals surface area contributed by atoms with Crippen molar-refractivity contribution >= 4 is 11.9 Å². The molecule has 1 heterocycles. The molecule has 0 aliphatic heterocycles. The lowest BCUT2D eigenvalue weighted by Crippen LogP contribution is -2.36. The van der Waals surface area contributed by atoms with Crippen LogP contribution < -0.4 is 0 Å². The SMILES string of the molecule is CC1(C)CCC(=Cc2ccccc2-c2cn(C(c3ccccc3)(c3ccccc3)c3ccccc3)cn2)C1=O. The zero-order valence-corrected chi connectivity index (χ0v) is 22.4. The number of rotatable bonds is 6. The van der Waals surface area contributed by atoms with Gasteiger partial charge in [-0.15, -0.1) is 0 Å². The van der Waals surface area contributed by atoms with Gasteiger partial charge in [-0.05, 0) is 46.7 Å². The summed E-state index contributed by atoms with van der Waals surface area (Å²) in [6, 6.07) is 40.1. The Morgan fingerprint density at radius 2 is 1.26 bits per heavy atom. The van der Waals surface area contributed by atoms with Gasteiger partial charge in [-0.1, -0.05) is 129 Å². The summed E-state index contributed by atoms with van der Waals surface area (Å²) in [6.07, 6.45) is 7.86. The van der Waals surface area contributed by atoms with E-state index in [9.17, 15) is 4.79 Å². The van der Waals surface area contributed by atoms with E-state index in [1.54, 1.807) is 0 Å². The lowest BCUT2D eigenvalue weighted by molar-refractivity contribution is -0.121. The fraction of sp³-hybridized carbons (Fsp3) is 0.167. The van der Waals surface area contributed by atoms with E-state index in [-0.39, 0.29) is 11.2 Å². The first-order chi connectivity index (χ1) is 19.0. The number of benzene rings is 4. The molecular weight excluding hydrogens is 476 g/mol. The number of carbonyl (C=O) groups excluding carboxylic acids is 1. The first-order valence-corrected chi connectivity index (χ1v) is 13.6. The number of imidazole rings is 1. The molecule has 0 bridgehead atoms. The second-order valence-corrected chi connectivity index (χ2v) is 10.9. The number of ketones is 1. The van der Waals surface area contributed by atoms with Crippen molar-refractivity contribution in [1.29, 1.82) is 0 Å². The lowest BCUT2D eigenvalue weighted by atomic mass is 9.77. The van der Waals surface area contributed by atoms with Crippen LogP contribution in [0.15, 0.2) is 133 Å². The maximum absolute atomic E-state index is 13.0. The summed E-state index contributed by atoms with van der Waals surface area (Å²) < 4.78 is 2.23. The molecule has 0 N–H and O–H groups in total. The van der Waals surface area contributed by atoms with Gasteiger partial charge >= 0.3 is 0 Å². The summed E-state index contributed by atoms with van der Waals surface area (Å²) in [5.74, 6) is 0.249. The Bertz CT molecular complexity index is 1530. The Morgan fingerprint density at radius 3 is 1.77 bits per heavy atom. The van der Waals surface area contributed by atoms with Gasteiger partial charge in [0.15, 0.2) is 5.78 Å². The molecule has 39 heavy (non-hydrogen) atoms. The summed E-state index contributed by atoms with van der Waals surface area (Å²) in [7, 11) is 0. The van der Waals surface area contributed by atoms with Gasteiger partial charge in [0, 0.05) is 17.2 Å². The van der Waals surface area contributed by atoms with Gasteiger partial charge in [-0.3, -0.25) is 4.79 Å². The van der Waals surface area contributed by atoms with Gasteiger partial charge in [0.1, 0.15) is 5.54 Å². The van der Waals surface area contributed by atoms with E-state index in [1.807, 2.05) is 32.3 Å². The smallest absolute Gasteiger partial charge is 0.164 e. The third kappa shape index (κ3) is 4.34. The van der Waals surface area contributed by atoms with E-state index in [0.29, 0.717) is 0 Å². The number of hydrogen-bond donors (Lipinski definition) is 0. The van der Waals surface area contributed by atoms with Crippen LogP contribution in [0.3, 0.4) is 0 Å². The summed E-state index contributed by atoms with van der Waals surface area (Å²) in [4.78, 5) is 18.0. The quantitative estimate of drug-likeness (QED) is 0.171. The highest BCUT2D eigenvalue weighted by Gasteiger charge is 2.39. The zero-order chi connectivity index (χ0) is 26.9. The lowest BCUT2D eigenvalue weighted by Gasteiger charge is -2.37. The summed E-state index contributed by atoms with van der Waals surface area (Å²) in [6.45, 7) is 4.08. The van der Waals surface area contributed by atoms with Crippen LogP contribution in [0.1, 0.15) is 48.9 Å². The van der Waals surface area contributed by atoms with Gasteiger partial charge in [0.2, 0.25) is 0 Å². The molecule has 1 aliphatic carbocycles. The average molecular weight is 509 g/mol. The normalized spacial score (nSPS) is 16.1. The van der Waals surface area contributed by atoms with Crippen LogP contribution in [0.4, 0.5) is 0 Å². The molecule has 1 aromatic heterocycles.